The van der Waals surface area contributed by atoms with Crippen molar-refractivity contribution in [3.63, 3.8) is 0 Å². The van der Waals surface area contributed by atoms with E-state index in [4.69, 9.17) is 9.47 Å². The van der Waals surface area contributed by atoms with Crippen molar-refractivity contribution in [3.05, 3.63) is 99.7 Å². The van der Waals surface area contributed by atoms with Gasteiger partial charge in [-0.05, 0) is 41.5 Å². The zero-order valence-electron chi connectivity index (χ0n) is 13.8. The Morgan fingerprint density at radius 1 is 0.962 bits per heavy atom. The quantitative estimate of drug-likeness (QED) is 0.525. The predicted octanol–water partition coefficient (Wildman–Crippen LogP) is 5.64. The Hall–Kier alpha value is -2.85. The highest BCUT2D eigenvalue weighted by molar-refractivity contribution is 9.10. The Labute approximate surface area is 160 Å². The van der Waals surface area contributed by atoms with E-state index in [0.29, 0.717) is 29.4 Å². The van der Waals surface area contributed by atoms with E-state index in [9.17, 15) is 4.79 Å². The monoisotopic (exact) mass is 406 g/mol. The van der Waals surface area contributed by atoms with Crippen molar-refractivity contribution in [1.82, 2.24) is 0 Å². The van der Waals surface area contributed by atoms with Gasteiger partial charge in [0.15, 0.2) is 5.76 Å². The van der Waals surface area contributed by atoms with E-state index in [0.717, 1.165) is 15.6 Å². The largest absolute Gasteiger partial charge is 0.489 e. The van der Waals surface area contributed by atoms with Crippen LogP contribution >= 0.6 is 15.9 Å². The molecule has 4 heteroatoms. The molecule has 26 heavy (non-hydrogen) atoms. The molecule has 3 aromatic rings. The average Bonchev–Trinajstić information content (AvgIpc) is 2.98. The zero-order chi connectivity index (χ0) is 17.9. The molecule has 0 unspecified atom stereocenters. The summed E-state index contributed by atoms with van der Waals surface area (Å²) in [5, 5.41) is 0. The van der Waals surface area contributed by atoms with Crippen molar-refractivity contribution < 1.29 is 14.3 Å². The normalized spacial score (nSPS) is 14.2. The number of ether oxygens (including phenoxy) is 2. The lowest BCUT2D eigenvalue weighted by atomic mass is 10.1. The number of ketones is 1. The molecule has 0 fully saturated rings. The Kier molecular flexibility index (Phi) is 4.59. The number of benzene rings is 3. The Morgan fingerprint density at radius 3 is 2.50 bits per heavy atom. The number of fused-ring (bicyclic) bond motifs is 1. The lowest BCUT2D eigenvalue weighted by Crippen LogP contribution is -1.98. The van der Waals surface area contributed by atoms with E-state index in [1.54, 1.807) is 24.3 Å². The van der Waals surface area contributed by atoms with E-state index in [1.165, 1.54) is 0 Å². The first kappa shape index (κ1) is 16.6. The van der Waals surface area contributed by atoms with Gasteiger partial charge >= 0.3 is 0 Å². The maximum absolute atomic E-state index is 12.5. The number of Topliss-reactive ketones (excluding diaryl/α,β-unsaturated/α-hetero) is 1. The summed E-state index contributed by atoms with van der Waals surface area (Å²) >= 11 is 3.40. The fourth-order valence-electron chi connectivity index (χ4n) is 2.71. The molecule has 128 valence electrons. The molecule has 1 aliphatic heterocycles. The van der Waals surface area contributed by atoms with Crippen LogP contribution in [0.5, 0.6) is 11.5 Å². The fourth-order valence-corrected chi connectivity index (χ4v) is 2.97. The van der Waals surface area contributed by atoms with E-state index in [2.05, 4.69) is 15.9 Å². The van der Waals surface area contributed by atoms with Gasteiger partial charge in [-0.3, -0.25) is 4.79 Å². The van der Waals surface area contributed by atoms with Gasteiger partial charge in [0.1, 0.15) is 18.1 Å². The minimum atomic E-state index is -0.113. The van der Waals surface area contributed by atoms with Gasteiger partial charge in [-0.1, -0.05) is 58.4 Å². The summed E-state index contributed by atoms with van der Waals surface area (Å²) in [6.07, 6.45) is 1.75. The van der Waals surface area contributed by atoms with Gasteiger partial charge in [-0.25, -0.2) is 0 Å². The molecule has 3 nitrogen and oxygen atoms in total. The number of hydrogen-bond donors (Lipinski definition) is 0. The van der Waals surface area contributed by atoms with Crippen molar-refractivity contribution in [2.75, 3.05) is 0 Å². The highest BCUT2D eigenvalue weighted by Crippen LogP contribution is 2.35. The van der Waals surface area contributed by atoms with Gasteiger partial charge in [-0.15, -0.1) is 0 Å². The van der Waals surface area contributed by atoms with Gasteiger partial charge in [-0.2, -0.15) is 0 Å². The highest BCUT2D eigenvalue weighted by Gasteiger charge is 2.27. The van der Waals surface area contributed by atoms with Crippen LogP contribution in [-0.2, 0) is 6.61 Å². The fraction of sp³-hybridized carbons (Fsp3) is 0.0455. The number of hydrogen-bond acceptors (Lipinski definition) is 3. The van der Waals surface area contributed by atoms with Crippen LogP contribution in [0.4, 0.5) is 0 Å². The molecule has 0 saturated carbocycles. The summed E-state index contributed by atoms with van der Waals surface area (Å²) in [6, 6.07) is 22.9. The average molecular weight is 407 g/mol. The molecular weight excluding hydrogens is 392 g/mol. The van der Waals surface area contributed by atoms with Crippen LogP contribution in [0, 0.1) is 0 Å². The van der Waals surface area contributed by atoms with Gasteiger partial charge in [0.2, 0.25) is 5.78 Å². The third kappa shape index (κ3) is 3.55. The van der Waals surface area contributed by atoms with Crippen LogP contribution in [0.25, 0.3) is 6.08 Å². The second kappa shape index (κ2) is 7.18. The van der Waals surface area contributed by atoms with Crippen LogP contribution < -0.4 is 9.47 Å². The van der Waals surface area contributed by atoms with Gasteiger partial charge < -0.3 is 9.47 Å². The van der Waals surface area contributed by atoms with Gasteiger partial charge in [0.25, 0.3) is 0 Å². The summed E-state index contributed by atoms with van der Waals surface area (Å²) in [5.74, 6) is 1.41. The molecule has 0 radical (unpaired) electrons. The number of rotatable bonds is 4. The standard InChI is InChI=1S/C22H15BrO3/c23-17-8-6-15(7-9-17)12-21-22(24)19-11-10-18(13-20(19)26-21)25-14-16-4-2-1-3-5-16/h1-13H,14H2/b21-12+. The van der Waals surface area contributed by atoms with Crippen molar-refractivity contribution in [2.24, 2.45) is 0 Å². The Morgan fingerprint density at radius 2 is 1.73 bits per heavy atom. The first-order chi connectivity index (χ1) is 12.7. The lowest BCUT2D eigenvalue weighted by molar-refractivity contribution is 0.101. The van der Waals surface area contributed by atoms with Crippen LogP contribution in [0.2, 0.25) is 0 Å². The summed E-state index contributed by atoms with van der Waals surface area (Å²) in [6.45, 7) is 0.467. The molecule has 1 heterocycles. The van der Waals surface area contributed by atoms with E-state index in [1.807, 2.05) is 54.6 Å². The van der Waals surface area contributed by atoms with Gasteiger partial charge in [0.05, 0.1) is 5.56 Å². The maximum Gasteiger partial charge on any atom is 0.231 e. The Balaban J connectivity index is 1.52. The van der Waals surface area contributed by atoms with Crippen molar-refractivity contribution in [1.29, 1.82) is 0 Å². The van der Waals surface area contributed by atoms with Crippen LogP contribution in [-0.4, -0.2) is 5.78 Å². The van der Waals surface area contributed by atoms with E-state index in [-0.39, 0.29) is 5.78 Å². The predicted molar refractivity (Wildman–Crippen MR) is 104 cm³/mol. The summed E-state index contributed by atoms with van der Waals surface area (Å²) < 4.78 is 12.6. The van der Waals surface area contributed by atoms with Crippen molar-refractivity contribution in [3.8, 4) is 11.5 Å². The zero-order valence-corrected chi connectivity index (χ0v) is 15.4. The molecule has 4 rings (SSSR count). The molecular formula is C22H15BrO3. The molecule has 0 aliphatic carbocycles. The molecule has 3 aromatic carbocycles. The Bertz CT molecular complexity index is 976. The highest BCUT2D eigenvalue weighted by atomic mass is 79.9. The summed E-state index contributed by atoms with van der Waals surface area (Å²) in [5.41, 5.74) is 2.55. The number of halogens is 1. The lowest BCUT2D eigenvalue weighted by Gasteiger charge is -2.07. The summed E-state index contributed by atoms with van der Waals surface area (Å²) in [4.78, 5) is 12.5. The second-order valence-electron chi connectivity index (χ2n) is 5.92. The van der Waals surface area contributed by atoms with Crippen molar-refractivity contribution >= 4 is 27.8 Å². The molecule has 0 bridgehead atoms. The molecule has 0 amide bonds. The summed E-state index contributed by atoms with van der Waals surface area (Å²) in [7, 11) is 0. The first-order valence-corrected chi connectivity index (χ1v) is 8.99. The van der Waals surface area contributed by atoms with Crippen molar-refractivity contribution in [2.45, 2.75) is 6.61 Å². The maximum atomic E-state index is 12.5. The second-order valence-corrected chi connectivity index (χ2v) is 6.84. The van der Waals surface area contributed by atoms with E-state index >= 15 is 0 Å². The molecule has 0 N–H and O–H groups in total. The van der Waals surface area contributed by atoms with Crippen LogP contribution in [0.15, 0.2) is 83.0 Å². The third-order valence-corrected chi connectivity index (χ3v) is 4.59. The number of carbonyl (C=O) groups is 1. The topological polar surface area (TPSA) is 35.5 Å². The van der Waals surface area contributed by atoms with E-state index < -0.39 is 0 Å². The molecule has 0 atom stereocenters. The third-order valence-electron chi connectivity index (χ3n) is 4.06. The van der Waals surface area contributed by atoms with Crippen LogP contribution in [0.3, 0.4) is 0 Å². The minimum Gasteiger partial charge on any atom is -0.489 e. The van der Waals surface area contributed by atoms with Crippen LogP contribution in [0.1, 0.15) is 21.5 Å². The molecule has 0 saturated heterocycles. The molecule has 1 aliphatic rings. The van der Waals surface area contributed by atoms with Gasteiger partial charge in [0, 0.05) is 10.5 Å². The smallest absolute Gasteiger partial charge is 0.231 e. The SMILES string of the molecule is O=C1/C(=C\c2ccc(Br)cc2)Oc2cc(OCc3ccccc3)ccc21. The minimum absolute atomic E-state index is 0.113. The molecule has 0 aromatic heterocycles. The molecule has 0 spiro atoms. The first-order valence-electron chi connectivity index (χ1n) is 8.20. The number of allylic oxidation sites excluding steroid dienone is 1. The number of carbonyl (C=O) groups excluding carboxylic acids is 1.